The number of halogens is 3. The molecule has 0 atom stereocenters. The first-order valence-electron chi connectivity index (χ1n) is 4.23. The Morgan fingerprint density at radius 1 is 1.38 bits per heavy atom. The summed E-state index contributed by atoms with van der Waals surface area (Å²) in [5, 5.41) is 0. The lowest BCUT2D eigenvalue weighted by Gasteiger charge is -2.07. The van der Waals surface area contributed by atoms with E-state index in [1.54, 1.807) is 0 Å². The zero-order valence-corrected chi connectivity index (χ0v) is 8.83. The molecule has 0 aliphatic carbocycles. The molecule has 1 aromatic heterocycles. The molecule has 0 aromatic carbocycles. The maximum atomic E-state index is 11.6. The van der Waals surface area contributed by atoms with E-state index in [0.717, 1.165) is 10.3 Å². The fourth-order valence-electron chi connectivity index (χ4n) is 0.946. The summed E-state index contributed by atoms with van der Waals surface area (Å²) in [5.41, 5.74) is 0. The maximum Gasteiger partial charge on any atom is 0.522 e. The molecule has 0 saturated carbocycles. The number of nitrogens with zero attached hydrogens (tertiary/aromatic N) is 2. The largest absolute Gasteiger partial charge is 0.522 e. The summed E-state index contributed by atoms with van der Waals surface area (Å²) in [7, 11) is -3.63. The number of hydrogen-bond acceptors (Lipinski definition) is 4. The summed E-state index contributed by atoms with van der Waals surface area (Å²) in [6.45, 7) is -0.683. The van der Waals surface area contributed by atoms with Crippen LogP contribution in [0.1, 0.15) is 6.42 Å². The van der Waals surface area contributed by atoms with Gasteiger partial charge in [0.25, 0.3) is 0 Å². The van der Waals surface area contributed by atoms with Gasteiger partial charge in [-0.25, -0.2) is 17.4 Å². The Morgan fingerprint density at radius 3 is 2.56 bits per heavy atom. The summed E-state index contributed by atoms with van der Waals surface area (Å²) < 4.78 is 61.8. The van der Waals surface area contributed by atoms with Crippen LogP contribution >= 0.6 is 0 Å². The second kappa shape index (κ2) is 4.83. The zero-order chi connectivity index (χ0) is 12.2. The van der Waals surface area contributed by atoms with E-state index in [0.29, 0.717) is 0 Å². The van der Waals surface area contributed by atoms with Crippen molar-refractivity contribution in [1.82, 2.24) is 8.96 Å². The van der Waals surface area contributed by atoms with Gasteiger partial charge in [0.1, 0.15) is 6.33 Å². The van der Waals surface area contributed by atoms with Gasteiger partial charge in [0.2, 0.25) is 10.0 Å². The average Bonchev–Trinajstić information content (AvgIpc) is 2.64. The first-order chi connectivity index (χ1) is 7.31. The second-order valence-corrected chi connectivity index (χ2v) is 4.85. The van der Waals surface area contributed by atoms with E-state index >= 15 is 0 Å². The third-order valence-corrected chi connectivity index (χ3v) is 3.28. The van der Waals surface area contributed by atoms with Gasteiger partial charge < -0.3 is 0 Å². The van der Waals surface area contributed by atoms with Crippen LogP contribution in [0.2, 0.25) is 0 Å². The third-order valence-electron chi connectivity index (χ3n) is 1.61. The van der Waals surface area contributed by atoms with E-state index < -0.39 is 28.7 Å². The Balaban J connectivity index is 2.39. The van der Waals surface area contributed by atoms with Crippen molar-refractivity contribution in [2.75, 3.05) is 12.4 Å². The standard InChI is InChI=1S/C7H9F3N2O3S/c8-7(9,10)15-4-1-5-16(13,14)12-3-2-11-6-12/h2-3,6H,1,4-5H2. The molecule has 9 heteroatoms. The van der Waals surface area contributed by atoms with Crippen LogP contribution in [0.25, 0.3) is 0 Å². The van der Waals surface area contributed by atoms with E-state index in [4.69, 9.17) is 0 Å². The van der Waals surface area contributed by atoms with Crippen molar-refractivity contribution >= 4 is 10.0 Å². The zero-order valence-electron chi connectivity index (χ0n) is 8.01. The molecule has 1 heterocycles. The molecule has 92 valence electrons. The molecule has 1 rings (SSSR count). The molecule has 16 heavy (non-hydrogen) atoms. The normalized spacial score (nSPS) is 12.9. The van der Waals surface area contributed by atoms with Gasteiger partial charge in [-0.2, -0.15) is 0 Å². The van der Waals surface area contributed by atoms with Crippen molar-refractivity contribution < 1.29 is 26.3 Å². The smallest absolute Gasteiger partial charge is 0.292 e. The van der Waals surface area contributed by atoms with E-state index in [2.05, 4.69) is 9.72 Å². The minimum atomic E-state index is -4.72. The summed E-state index contributed by atoms with van der Waals surface area (Å²) >= 11 is 0. The van der Waals surface area contributed by atoms with Gasteiger partial charge in [-0.05, 0) is 6.42 Å². The van der Waals surface area contributed by atoms with Crippen LogP contribution in [0.4, 0.5) is 13.2 Å². The molecule has 0 radical (unpaired) electrons. The average molecular weight is 258 g/mol. The maximum absolute atomic E-state index is 11.6. The van der Waals surface area contributed by atoms with Crippen LogP contribution in [0.5, 0.6) is 0 Å². The molecule has 1 aromatic rings. The number of ether oxygens (including phenoxy) is 1. The summed E-state index contributed by atoms with van der Waals surface area (Å²) in [6.07, 6.45) is -1.41. The lowest BCUT2D eigenvalue weighted by atomic mass is 10.5. The lowest BCUT2D eigenvalue weighted by Crippen LogP contribution is -2.19. The Labute approximate surface area is 89.9 Å². The molecule has 0 amide bonds. The monoisotopic (exact) mass is 258 g/mol. The van der Waals surface area contributed by atoms with E-state index in [1.165, 1.54) is 12.4 Å². The molecular weight excluding hydrogens is 249 g/mol. The summed E-state index contributed by atoms with van der Waals surface area (Å²) in [6, 6.07) is 0. The molecule has 0 N–H and O–H groups in total. The SMILES string of the molecule is O=S(=O)(CCCOC(F)(F)F)n1ccnc1. The number of rotatable bonds is 5. The number of hydrogen-bond donors (Lipinski definition) is 0. The van der Waals surface area contributed by atoms with Crippen molar-refractivity contribution in [2.45, 2.75) is 12.8 Å². The summed E-state index contributed by atoms with van der Waals surface area (Å²) in [5.74, 6) is -0.431. The Hall–Kier alpha value is -1.09. The Morgan fingerprint density at radius 2 is 2.06 bits per heavy atom. The van der Waals surface area contributed by atoms with Crippen LogP contribution < -0.4 is 0 Å². The Bertz CT molecular complexity index is 413. The minimum absolute atomic E-state index is 0.236. The number of imidazole rings is 1. The van der Waals surface area contributed by atoms with Crippen LogP contribution in [0, 0.1) is 0 Å². The fourth-order valence-corrected chi connectivity index (χ4v) is 2.08. The van der Waals surface area contributed by atoms with Crippen molar-refractivity contribution in [2.24, 2.45) is 0 Å². The first-order valence-corrected chi connectivity index (χ1v) is 5.84. The van der Waals surface area contributed by atoms with Gasteiger partial charge in [-0.3, -0.25) is 4.74 Å². The van der Waals surface area contributed by atoms with Gasteiger partial charge in [-0.1, -0.05) is 0 Å². The van der Waals surface area contributed by atoms with Gasteiger partial charge in [-0.15, -0.1) is 13.2 Å². The molecule has 0 aliphatic rings. The number of alkyl halides is 3. The molecule has 0 unspecified atom stereocenters. The number of aromatic nitrogens is 2. The molecule has 0 spiro atoms. The molecule has 5 nitrogen and oxygen atoms in total. The van der Waals surface area contributed by atoms with E-state index in [9.17, 15) is 21.6 Å². The van der Waals surface area contributed by atoms with Crippen LogP contribution in [0.15, 0.2) is 18.7 Å². The Kier molecular flexibility index (Phi) is 3.92. The van der Waals surface area contributed by atoms with Crippen LogP contribution in [0.3, 0.4) is 0 Å². The van der Waals surface area contributed by atoms with Gasteiger partial charge >= 0.3 is 6.36 Å². The topological polar surface area (TPSA) is 61.2 Å². The molecule has 0 bridgehead atoms. The quantitative estimate of drug-likeness (QED) is 0.739. The summed E-state index contributed by atoms with van der Waals surface area (Å²) in [4.78, 5) is 3.53. The minimum Gasteiger partial charge on any atom is -0.292 e. The van der Waals surface area contributed by atoms with Gasteiger partial charge in [0.15, 0.2) is 0 Å². The van der Waals surface area contributed by atoms with Crippen molar-refractivity contribution in [3.05, 3.63) is 18.7 Å². The molecule has 0 saturated heterocycles. The van der Waals surface area contributed by atoms with Gasteiger partial charge in [0.05, 0.1) is 12.4 Å². The fraction of sp³-hybridized carbons (Fsp3) is 0.571. The second-order valence-electron chi connectivity index (χ2n) is 2.86. The van der Waals surface area contributed by atoms with E-state index in [-0.39, 0.29) is 6.42 Å². The lowest BCUT2D eigenvalue weighted by molar-refractivity contribution is -0.324. The first kappa shape index (κ1) is 13.0. The van der Waals surface area contributed by atoms with Crippen molar-refractivity contribution in [3.8, 4) is 0 Å². The highest BCUT2D eigenvalue weighted by Crippen LogP contribution is 2.16. The molecule has 0 fully saturated rings. The molecule has 0 aliphatic heterocycles. The predicted molar refractivity (Wildman–Crippen MR) is 48.0 cm³/mol. The van der Waals surface area contributed by atoms with Crippen molar-refractivity contribution in [3.63, 3.8) is 0 Å². The highest BCUT2D eigenvalue weighted by Gasteiger charge is 2.28. The third kappa shape index (κ3) is 4.19. The van der Waals surface area contributed by atoms with Gasteiger partial charge in [0, 0.05) is 12.4 Å². The highest BCUT2D eigenvalue weighted by atomic mass is 32.2. The van der Waals surface area contributed by atoms with Crippen LogP contribution in [-0.2, 0) is 14.8 Å². The van der Waals surface area contributed by atoms with E-state index in [1.807, 2.05) is 0 Å². The van der Waals surface area contributed by atoms with Crippen LogP contribution in [-0.4, -0.2) is 36.1 Å². The highest BCUT2D eigenvalue weighted by molar-refractivity contribution is 7.89. The predicted octanol–water partition coefficient (Wildman–Crippen LogP) is 0.988. The van der Waals surface area contributed by atoms with Crippen molar-refractivity contribution in [1.29, 1.82) is 0 Å². The molecular formula is C7H9F3N2O3S.